The summed E-state index contributed by atoms with van der Waals surface area (Å²) >= 11 is 0. The number of aliphatic hydroxyl groups is 1. The molecule has 0 radical (unpaired) electrons. The molecule has 2 unspecified atom stereocenters. The smallest absolute Gasteiger partial charge is 0.332 e. The van der Waals surface area contributed by atoms with Crippen molar-refractivity contribution in [3.05, 3.63) is 15.8 Å². The van der Waals surface area contributed by atoms with Crippen LogP contribution in [0, 0.1) is 23.0 Å². The Morgan fingerprint density at radius 2 is 2.29 bits per heavy atom. The lowest BCUT2D eigenvalue weighted by Crippen LogP contribution is -2.26. The summed E-state index contributed by atoms with van der Waals surface area (Å²) in [5, 5.41) is 24.0. The monoisotopic (exact) mass is 295 g/mol. The van der Waals surface area contributed by atoms with E-state index in [0.717, 1.165) is 6.42 Å². The summed E-state index contributed by atoms with van der Waals surface area (Å²) in [6, 6.07) is 0. The van der Waals surface area contributed by atoms with Crippen LogP contribution in [0.2, 0.25) is 0 Å². The van der Waals surface area contributed by atoms with Crippen LogP contribution in [0.15, 0.2) is 0 Å². The van der Waals surface area contributed by atoms with Gasteiger partial charge >= 0.3 is 5.69 Å². The molecular formula is C13H21N5O3. The van der Waals surface area contributed by atoms with Crippen LogP contribution in [0.1, 0.15) is 26.0 Å². The third-order valence-electron chi connectivity index (χ3n) is 3.76. The summed E-state index contributed by atoms with van der Waals surface area (Å²) in [5.74, 6) is 0.852. The van der Waals surface area contributed by atoms with Gasteiger partial charge in [0.25, 0.3) is 0 Å². The summed E-state index contributed by atoms with van der Waals surface area (Å²) < 4.78 is 0. The lowest BCUT2D eigenvalue weighted by molar-refractivity contribution is -0.385. The van der Waals surface area contributed by atoms with E-state index in [1.165, 1.54) is 0 Å². The van der Waals surface area contributed by atoms with Crippen molar-refractivity contribution >= 4 is 17.5 Å². The number of nitro groups is 1. The Hall–Kier alpha value is -1.96. The van der Waals surface area contributed by atoms with Gasteiger partial charge in [0.2, 0.25) is 11.8 Å². The van der Waals surface area contributed by atoms with Crippen LogP contribution in [0.4, 0.5) is 17.5 Å². The van der Waals surface area contributed by atoms with Crippen molar-refractivity contribution in [2.45, 2.75) is 33.3 Å². The fraction of sp³-hybridized carbons (Fsp3) is 0.692. The number of hydrogen-bond donors (Lipinski definition) is 2. The summed E-state index contributed by atoms with van der Waals surface area (Å²) in [6.45, 7) is 7.15. The van der Waals surface area contributed by atoms with E-state index in [-0.39, 0.29) is 11.6 Å². The quantitative estimate of drug-likeness (QED) is 0.623. The third kappa shape index (κ3) is 3.21. The second kappa shape index (κ2) is 6.21. The predicted molar refractivity (Wildman–Crippen MR) is 79.6 cm³/mol. The molecule has 8 nitrogen and oxygen atoms in total. The molecule has 0 spiro atoms. The standard InChI is InChI=1S/C13H21N5O3/c1-4-14-13-15-8(2)11(18(20)21)12(16-13)17-6-5-10(7-17)9(3)19/h9-10,19H,4-7H2,1-3H3,(H,14,15,16). The Morgan fingerprint density at radius 3 is 2.81 bits per heavy atom. The van der Waals surface area contributed by atoms with E-state index in [0.29, 0.717) is 37.1 Å². The lowest BCUT2D eigenvalue weighted by atomic mass is 10.0. The van der Waals surface area contributed by atoms with Gasteiger partial charge in [-0.2, -0.15) is 4.98 Å². The largest absolute Gasteiger partial charge is 0.393 e. The summed E-state index contributed by atoms with van der Waals surface area (Å²) in [4.78, 5) is 21.2. The zero-order valence-corrected chi connectivity index (χ0v) is 12.5. The van der Waals surface area contributed by atoms with E-state index in [1.54, 1.807) is 13.8 Å². The number of nitrogens with zero attached hydrogens (tertiary/aromatic N) is 4. The van der Waals surface area contributed by atoms with Gasteiger partial charge in [-0.3, -0.25) is 10.1 Å². The highest BCUT2D eigenvalue weighted by molar-refractivity contribution is 5.63. The van der Waals surface area contributed by atoms with E-state index >= 15 is 0 Å². The summed E-state index contributed by atoms with van der Waals surface area (Å²) in [6.07, 6.45) is 0.374. The van der Waals surface area contributed by atoms with Crippen molar-refractivity contribution < 1.29 is 10.0 Å². The number of aromatic nitrogens is 2. The molecule has 2 N–H and O–H groups in total. The average Bonchev–Trinajstić information content (AvgIpc) is 2.87. The first-order valence-corrected chi connectivity index (χ1v) is 7.14. The normalized spacial score (nSPS) is 19.6. The molecule has 21 heavy (non-hydrogen) atoms. The van der Waals surface area contributed by atoms with Gasteiger partial charge in [0.05, 0.1) is 11.0 Å². The number of anilines is 2. The molecular weight excluding hydrogens is 274 g/mol. The molecule has 1 aromatic rings. The molecule has 116 valence electrons. The van der Waals surface area contributed by atoms with Gasteiger partial charge < -0.3 is 15.3 Å². The average molecular weight is 295 g/mol. The molecule has 0 amide bonds. The number of aliphatic hydroxyl groups excluding tert-OH is 1. The maximum absolute atomic E-state index is 11.3. The van der Waals surface area contributed by atoms with Crippen molar-refractivity contribution in [2.75, 3.05) is 29.9 Å². The van der Waals surface area contributed by atoms with Crippen LogP contribution in [0.25, 0.3) is 0 Å². The van der Waals surface area contributed by atoms with Gasteiger partial charge in [0.15, 0.2) is 0 Å². The molecule has 0 aliphatic carbocycles. The number of nitrogens with one attached hydrogen (secondary N) is 1. The molecule has 2 heterocycles. The van der Waals surface area contributed by atoms with Crippen molar-refractivity contribution in [3.8, 4) is 0 Å². The highest BCUT2D eigenvalue weighted by atomic mass is 16.6. The fourth-order valence-electron chi connectivity index (χ4n) is 2.60. The second-order valence-electron chi connectivity index (χ2n) is 5.33. The Labute approximate surface area is 123 Å². The van der Waals surface area contributed by atoms with Crippen LogP contribution < -0.4 is 10.2 Å². The summed E-state index contributed by atoms with van der Waals surface area (Å²) in [5.41, 5.74) is 0.296. The minimum absolute atomic E-state index is 0.0529. The van der Waals surface area contributed by atoms with E-state index in [2.05, 4.69) is 15.3 Å². The lowest BCUT2D eigenvalue weighted by Gasteiger charge is -2.19. The van der Waals surface area contributed by atoms with Crippen LogP contribution in [-0.4, -0.2) is 45.7 Å². The Balaban J connectivity index is 2.38. The van der Waals surface area contributed by atoms with Crippen molar-refractivity contribution in [2.24, 2.45) is 5.92 Å². The van der Waals surface area contributed by atoms with E-state index < -0.39 is 11.0 Å². The Kier molecular flexibility index (Phi) is 4.56. The predicted octanol–water partition coefficient (Wildman–Crippen LogP) is 1.33. The van der Waals surface area contributed by atoms with Crippen molar-refractivity contribution in [1.82, 2.24) is 9.97 Å². The Bertz CT molecular complexity index is 535. The molecule has 1 aliphatic heterocycles. The van der Waals surface area contributed by atoms with Crippen molar-refractivity contribution in [3.63, 3.8) is 0 Å². The van der Waals surface area contributed by atoms with Crippen LogP contribution in [0.3, 0.4) is 0 Å². The molecule has 1 fully saturated rings. The van der Waals surface area contributed by atoms with E-state index in [9.17, 15) is 15.2 Å². The molecule has 8 heteroatoms. The minimum Gasteiger partial charge on any atom is -0.393 e. The van der Waals surface area contributed by atoms with Crippen LogP contribution >= 0.6 is 0 Å². The number of rotatable bonds is 5. The highest BCUT2D eigenvalue weighted by Crippen LogP contribution is 2.33. The first kappa shape index (κ1) is 15.4. The molecule has 1 saturated heterocycles. The first-order valence-electron chi connectivity index (χ1n) is 7.14. The van der Waals surface area contributed by atoms with Gasteiger partial charge in [-0.1, -0.05) is 0 Å². The van der Waals surface area contributed by atoms with Crippen LogP contribution in [0.5, 0.6) is 0 Å². The molecule has 1 aliphatic rings. The molecule has 0 bridgehead atoms. The second-order valence-corrected chi connectivity index (χ2v) is 5.33. The zero-order valence-electron chi connectivity index (χ0n) is 12.5. The van der Waals surface area contributed by atoms with Gasteiger partial charge in [-0.05, 0) is 27.2 Å². The number of aryl methyl sites for hydroxylation is 1. The molecule has 1 aromatic heterocycles. The zero-order chi connectivity index (χ0) is 15.6. The molecule has 2 rings (SSSR count). The Morgan fingerprint density at radius 1 is 1.57 bits per heavy atom. The highest BCUT2D eigenvalue weighted by Gasteiger charge is 2.33. The van der Waals surface area contributed by atoms with Crippen LogP contribution in [-0.2, 0) is 0 Å². The molecule has 0 saturated carbocycles. The molecule has 2 atom stereocenters. The van der Waals surface area contributed by atoms with Gasteiger partial charge in [0, 0.05) is 25.6 Å². The van der Waals surface area contributed by atoms with E-state index in [1.807, 2.05) is 11.8 Å². The van der Waals surface area contributed by atoms with Gasteiger partial charge in [-0.15, -0.1) is 0 Å². The van der Waals surface area contributed by atoms with Gasteiger partial charge in [-0.25, -0.2) is 4.98 Å². The maximum Gasteiger partial charge on any atom is 0.332 e. The van der Waals surface area contributed by atoms with E-state index in [4.69, 9.17) is 0 Å². The first-order chi connectivity index (χ1) is 9.93. The third-order valence-corrected chi connectivity index (χ3v) is 3.76. The van der Waals surface area contributed by atoms with Crippen molar-refractivity contribution in [1.29, 1.82) is 0 Å². The fourth-order valence-corrected chi connectivity index (χ4v) is 2.60. The maximum atomic E-state index is 11.3. The number of hydrogen-bond acceptors (Lipinski definition) is 7. The minimum atomic E-state index is -0.434. The van der Waals surface area contributed by atoms with Gasteiger partial charge in [0.1, 0.15) is 5.69 Å². The SMILES string of the molecule is CCNc1nc(C)c([N+](=O)[O-])c(N2CCC(C(C)O)C2)n1. The molecule has 0 aromatic carbocycles. The topological polar surface area (TPSA) is 104 Å². The summed E-state index contributed by atoms with van der Waals surface area (Å²) in [7, 11) is 0.